The Balaban J connectivity index is 1.16. The maximum Gasteiger partial charge on any atom is 0.164 e. The molecule has 9 aromatic rings. The molecule has 49 heavy (non-hydrogen) atoms. The molecule has 3 heteroatoms. The first-order chi connectivity index (χ1) is 24.0. The number of fused-ring (bicyclic) bond motifs is 9. The summed E-state index contributed by atoms with van der Waals surface area (Å²) in [4.78, 5) is 15.1. The lowest BCUT2D eigenvalue weighted by atomic mass is 9.81. The van der Waals surface area contributed by atoms with Gasteiger partial charge in [0, 0.05) is 22.1 Å². The van der Waals surface area contributed by atoms with Crippen LogP contribution in [0, 0.1) is 0 Å². The van der Waals surface area contributed by atoms with E-state index in [1.165, 1.54) is 54.6 Å². The Morgan fingerprint density at radius 1 is 0.367 bits per heavy atom. The molecule has 8 aromatic carbocycles. The summed E-state index contributed by atoms with van der Waals surface area (Å²) in [5.41, 5.74) is 8.32. The van der Waals surface area contributed by atoms with Crippen molar-refractivity contribution in [1.82, 2.24) is 15.0 Å². The van der Waals surface area contributed by atoms with E-state index < -0.39 is 0 Å². The van der Waals surface area contributed by atoms with E-state index in [0.717, 1.165) is 27.5 Å². The van der Waals surface area contributed by atoms with Crippen LogP contribution in [0.5, 0.6) is 0 Å². The van der Waals surface area contributed by atoms with E-state index in [1.54, 1.807) is 0 Å². The van der Waals surface area contributed by atoms with Gasteiger partial charge in [-0.2, -0.15) is 0 Å². The SMILES string of the molecule is CC1(C)c2ccccc2-c2cc3ccc4ccc5cc(-c6nc(-c7ccccc7)nc(-c7ccc8ccccc8c7)n6)ccc5c4c3cc21. The molecule has 230 valence electrons. The molecule has 0 saturated heterocycles. The second kappa shape index (κ2) is 10.4. The summed E-state index contributed by atoms with van der Waals surface area (Å²) in [5, 5.41) is 9.82. The zero-order valence-corrected chi connectivity index (χ0v) is 27.3. The molecule has 0 aliphatic heterocycles. The molecule has 0 bridgehead atoms. The molecule has 1 aromatic heterocycles. The van der Waals surface area contributed by atoms with Gasteiger partial charge in [-0.05, 0) is 89.6 Å². The summed E-state index contributed by atoms with van der Waals surface area (Å²) in [7, 11) is 0. The first-order valence-corrected chi connectivity index (χ1v) is 16.9. The molecule has 0 amide bonds. The Morgan fingerprint density at radius 3 is 1.71 bits per heavy atom. The molecule has 1 aliphatic carbocycles. The zero-order valence-electron chi connectivity index (χ0n) is 27.3. The highest BCUT2D eigenvalue weighted by Crippen LogP contribution is 2.50. The third-order valence-corrected chi connectivity index (χ3v) is 10.5. The molecule has 0 unspecified atom stereocenters. The molecule has 10 rings (SSSR count). The molecular weight excluding hydrogens is 595 g/mol. The Bertz CT molecular complexity index is 2800. The van der Waals surface area contributed by atoms with E-state index in [1.807, 2.05) is 18.2 Å². The first-order valence-electron chi connectivity index (χ1n) is 16.9. The summed E-state index contributed by atoms with van der Waals surface area (Å²) < 4.78 is 0. The molecule has 0 radical (unpaired) electrons. The van der Waals surface area contributed by atoms with Gasteiger partial charge in [0.1, 0.15) is 0 Å². The van der Waals surface area contributed by atoms with Gasteiger partial charge >= 0.3 is 0 Å². The van der Waals surface area contributed by atoms with Crippen molar-refractivity contribution in [2.45, 2.75) is 19.3 Å². The van der Waals surface area contributed by atoms with Crippen molar-refractivity contribution in [3.05, 3.63) is 163 Å². The standard InChI is InChI=1S/C46H31N3/c1-46(2)40-15-9-8-14-37(40)39-26-33-20-18-29-17-19-32-25-35(22-23-36(32)42(29)38(33)27-41(39)46)45-48-43(30-11-4-3-5-12-30)47-44(49-45)34-21-16-28-10-6-7-13-31(28)24-34/h3-27H,1-2H3. The number of aromatic nitrogens is 3. The highest BCUT2D eigenvalue weighted by atomic mass is 15.0. The second-order valence-corrected chi connectivity index (χ2v) is 13.7. The molecule has 0 saturated carbocycles. The van der Waals surface area contributed by atoms with Crippen molar-refractivity contribution in [1.29, 1.82) is 0 Å². The minimum Gasteiger partial charge on any atom is -0.208 e. The van der Waals surface area contributed by atoms with Crippen molar-refractivity contribution in [3.8, 4) is 45.3 Å². The fourth-order valence-corrected chi connectivity index (χ4v) is 7.90. The van der Waals surface area contributed by atoms with Gasteiger partial charge in [0.2, 0.25) is 0 Å². The van der Waals surface area contributed by atoms with Crippen LogP contribution in [0.4, 0.5) is 0 Å². The van der Waals surface area contributed by atoms with Gasteiger partial charge in [-0.1, -0.05) is 141 Å². The van der Waals surface area contributed by atoms with Crippen molar-refractivity contribution in [3.63, 3.8) is 0 Å². The van der Waals surface area contributed by atoms with E-state index in [2.05, 4.69) is 147 Å². The fraction of sp³-hybridized carbons (Fsp3) is 0.0652. The van der Waals surface area contributed by atoms with Gasteiger partial charge in [-0.3, -0.25) is 0 Å². The Labute approximate surface area is 284 Å². The van der Waals surface area contributed by atoms with E-state index in [0.29, 0.717) is 17.5 Å². The highest BCUT2D eigenvalue weighted by molar-refractivity contribution is 6.21. The minimum absolute atomic E-state index is 0.0576. The van der Waals surface area contributed by atoms with Gasteiger partial charge in [-0.25, -0.2) is 15.0 Å². The van der Waals surface area contributed by atoms with Crippen LogP contribution in [-0.2, 0) is 5.41 Å². The van der Waals surface area contributed by atoms with Crippen molar-refractivity contribution >= 4 is 43.1 Å². The van der Waals surface area contributed by atoms with Crippen LogP contribution in [0.1, 0.15) is 25.0 Å². The number of nitrogens with zero attached hydrogens (tertiary/aromatic N) is 3. The Hall–Kier alpha value is -6.19. The largest absolute Gasteiger partial charge is 0.208 e. The predicted molar refractivity (Wildman–Crippen MR) is 204 cm³/mol. The fourth-order valence-electron chi connectivity index (χ4n) is 7.90. The van der Waals surface area contributed by atoms with Gasteiger partial charge in [-0.15, -0.1) is 0 Å². The lowest BCUT2D eigenvalue weighted by Gasteiger charge is -2.22. The third kappa shape index (κ3) is 4.32. The number of rotatable bonds is 3. The van der Waals surface area contributed by atoms with Crippen LogP contribution in [-0.4, -0.2) is 15.0 Å². The van der Waals surface area contributed by atoms with Crippen LogP contribution in [0.2, 0.25) is 0 Å². The maximum atomic E-state index is 5.08. The Morgan fingerprint density at radius 2 is 0.939 bits per heavy atom. The van der Waals surface area contributed by atoms with Crippen LogP contribution in [0.15, 0.2) is 152 Å². The van der Waals surface area contributed by atoms with E-state index in [4.69, 9.17) is 15.0 Å². The van der Waals surface area contributed by atoms with Crippen molar-refractivity contribution < 1.29 is 0 Å². The van der Waals surface area contributed by atoms with Crippen molar-refractivity contribution in [2.24, 2.45) is 0 Å². The third-order valence-electron chi connectivity index (χ3n) is 10.5. The van der Waals surface area contributed by atoms with E-state index in [9.17, 15) is 0 Å². The molecule has 1 heterocycles. The highest BCUT2D eigenvalue weighted by Gasteiger charge is 2.35. The first kappa shape index (κ1) is 27.9. The summed E-state index contributed by atoms with van der Waals surface area (Å²) in [6.07, 6.45) is 0. The predicted octanol–water partition coefficient (Wildman–Crippen LogP) is 11.8. The smallest absolute Gasteiger partial charge is 0.164 e. The molecule has 3 nitrogen and oxygen atoms in total. The topological polar surface area (TPSA) is 38.7 Å². The van der Waals surface area contributed by atoms with Crippen LogP contribution in [0.25, 0.3) is 88.4 Å². The minimum atomic E-state index is -0.0576. The average molecular weight is 626 g/mol. The lowest BCUT2D eigenvalue weighted by molar-refractivity contribution is 0.661. The Kier molecular flexibility index (Phi) is 5.92. The molecular formula is C46H31N3. The molecule has 0 fully saturated rings. The lowest BCUT2D eigenvalue weighted by Crippen LogP contribution is -2.14. The number of hydrogen-bond acceptors (Lipinski definition) is 3. The summed E-state index contributed by atoms with van der Waals surface area (Å²) in [6.45, 7) is 4.70. The van der Waals surface area contributed by atoms with Crippen LogP contribution < -0.4 is 0 Å². The van der Waals surface area contributed by atoms with Crippen LogP contribution >= 0.6 is 0 Å². The average Bonchev–Trinajstić information content (AvgIpc) is 3.38. The summed E-state index contributed by atoms with van der Waals surface area (Å²) in [6, 6.07) is 54.3. The van der Waals surface area contributed by atoms with Crippen LogP contribution in [0.3, 0.4) is 0 Å². The van der Waals surface area contributed by atoms with Gasteiger partial charge in [0.15, 0.2) is 17.5 Å². The zero-order chi connectivity index (χ0) is 32.7. The second-order valence-electron chi connectivity index (χ2n) is 13.7. The normalized spacial score (nSPS) is 13.3. The summed E-state index contributed by atoms with van der Waals surface area (Å²) in [5.74, 6) is 1.99. The van der Waals surface area contributed by atoms with Crippen molar-refractivity contribution in [2.75, 3.05) is 0 Å². The van der Waals surface area contributed by atoms with E-state index in [-0.39, 0.29) is 5.41 Å². The molecule has 1 aliphatic rings. The van der Waals surface area contributed by atoms with Gasteiger partial charge in [0.05, 0.1) is 0 Å². The molecule has 0 N–H and O–H groups in total. The van der Waals surface area contributed by atoms with E-state index >= 15 is 0 Å². The number of hydrogen-bond donors (Lipinski definition) is 0. The molecule has 0 spiro atoms. The number of benzene rings is 8. The summed E-state index contributed by atoms with van der Waals surface area (Å²) >= 11 is 0. The molecule has 0 atom stereocenters. The quantitative estimate of drug-likeness (QED) is 0.183. The monoisotopic (exact) mass is 625 g/mol. The maximum absolute atomic E-state index is 5.08. The van der Waals surface area contributed by atoms with Gasteiger partial charge < -0.3 is 0 Å². The van der Waals surface area contributed by atoms with Gasteiger partial charge in [0.25, 0.3) is 0 Å².